The maximum atomic E-state index is 11.9. The molecule has 2 aromatic carbocycles. The number of carbonyl (C=O) groups is 1. The Morgan fingerprint density at radius 3 is 1.90 bits per heavy atom. The highest BCUT2D eigenvalue weighted by molar-refractivity contribution is 9.10. The minimum atomic E-state index is -0.964. The third-order valence-corrected chi connectivity index (χ3v) is 4.21. The van der Waals surface area contributed by atoms with Gasteiger partial charge in [0.05, 0.1) is 0 Å². The van der Waals surface area contributed by atoms with Gasteiger partial charge in [-0.3, -0.25) is 4.79 Å². The van der Waals surface area contributed by atoms with E-state index in [1.165, 1.54) is 0 Å². The zero-order chi connectivity index (χ0) is 14.8. The number of benzene rings is 2. The summed E-state index contributed by atoms with van der Waals surface area (Å²) in [6.45, 7) is 1.78. The van der Waals surface area contributed by atoms with Crippen molar-refractivity contribution in [3.8, 4) is 0 Å². The number of nitrogens with one attached hydrogen (secondary N) is 1. The molecule has 0 aliphatic carbocycles. The summed E-state index contributed by atoms with van der Waals surface area (Å²) in [5.74, 6) is -0.428. The Bertz CT molecular complexity index is 611. The van der Waals surface area contributed by atoms with Crippen LogP contribution in [0.2, 0.25) is 0 Å². The molecular weight excluding hydrogens is 384 g/mol. The average molecular weight is 398 g/mol. The van der Waals surface area contributed by atoms with Crippen molar-refractivity contribution in [2.45, 2.75) is 12.5 Å². The number of amides is 1. The highest BCUT2D eigenvalue weighted by atomic mass is 79.9. The number of nitrogens with two attached hydrogens (primary N) is 1. The first kappa shape index (κ1) is 15.1. The fourth-order valence-corrected chi connectivity index (χ4v) is 2.41. The second-order valence-electron chi connectivity index (χ2n) is 4.63. The van der Waals surface area contributed by atoms with Gasteiger partial charge in [0.15, 0.2) is 0 Å². The number of carbonyl (C=O) groups excluding carboxylic acids is 1. The molecule has 0 bridgehead atoms. The van der Waals surface area contributed by atoms with E-state index in [-0.39, 0.29) is 0 Å². The normalized spacial score (nSPS) is 13.6. The summed E-state index contributed by atoms with van der Waals surface area (Å²) >= 11 is 6.76. The Morgan fingerprint density at radius 1 is 1.00 bits per heavy atom. The van der Waals surface area contributed by atoms with Crippen LogP contribution in [0.3, 0.4) is 0 Å². The standard InChI is InChI=1S/C15H14Br2N2O/c1-15(14(18)20,10-2-4-11(16)5-3-10)19-13-8-6-12(17)7-9-13/h2-9,19H,1H3,(H2,18,20). The number of anilines is 1. The SMILES string of the molecule is CC(Nc1ccc(Br)cc1)(C(N)=O)c1ccc(Br)cc1. The third kappa shape index (κ3) is 3.22. The van der Waals surface area contributed by atoms with Gasteiger partial charge in [0.25, 0.3) is 0 Å². The summed E-state index contributed by atoms with van der Waals surface area (Å²) in [5.41, 5.74) is 6.28. The maximum absolute atomic E-state index is 11.9. The molecule has 2 rings (SSSR count). The van der Waals surface area contributed by atoms with Crippen LogP contribution >= 0.6 is 31.9 Å². The molecule has 0 aromatic heterocycles. The monoisotopic (exact) mass is 396 g/mol. The van der Waals surface area contributed by atoms with Crippen molar-refractivity contribution >= 4 is 43.5 Å². The van der Waals surface area contributed by atoms with E-state index in [0.29, 0.717) is 0 Å². The van der Waals surface area contributed by atoms with Crippen molar-refractivity contribution in [1.29, 1.82) is 0 Å². The quantitative estimate of drug-likeness (QED) is 0.818. The Kier molecular flexibility index (Phi) is 4.50. The second kappa shape index (κ2) is 5.97. The van der Waals surface area contributed by atoms with Crippen LogP contribution in [0.4, 0.5) is 5.69 Å². The lowest BCUT2D eigenvalue weighted by molar-refractivity contribution is -0.122. The molecule has 0 saturated carbocycles. The predicted octanol–water partition coefficient (Wildman–Crippen LogP) is 4.02. The molecule has 1 atom stereocenters. The fourth-order valence-electron chi connectivity index (χ4n) is 1.88. The van der Waals surface area contributed by atoms with Gasteiger partial charge in [0, 0.05) is 14.6 Å². The first-order valence-corrected chi connectivity index (χ1v) is 7.60. The smallest absolute Gasteiger partial charge is 0.247 e. The van der Waals surface area contributed by atoms with Crippen molar-refractivity contribution in [3.05, 3.63) is 63.0 Å². The summed E-state index contributed by atoms with van der Waals surface area (Å²) in [4.78, 5) is 11.9. The van der Waals surface area contributed by atoms with Gasteiger partial charge in [0.1, 0.15) is 5.54 Å². The van der Waals surface area contributed by atoms with E-state index in [0.717, 1.165) is 20.2 Å². The van der Waals surface area contributed by atoms with Gasteiger partial charge >= 0.3 is 0 Å². The number of hydrogen-bond acceptors (Lipinski definition) is 2. The van der Waals surface area contributed by atoms with Crippen LogP contribution in [0.25, 0.3) is 0 Å². The van der Waals surface area contributed by atoms with Crippen LogP contribution in [0.1, 0.15) is 12.5 Å². The topological polar surface area (TPSA) is 55.1 Å². The molecule has 0 radical (unpaired) electrons. The van der Waals surface area contributed by atoms with Crippen molar-refractivity contribution in [2.75, 3.05) is 5.32 Å². The van der Waals surface area contributed by atoms with Gasteiger partial charge in [0.2, 0.25) is 5.91 Å². The zero-order valence-electron chi connectivity index (χ0n) is 10.9. The summed E-state index contributed by atoms with van der Waals surface area (Å²) in [5, 5.41) is 3.21. The molecular formula is C15H14Br2N2O. The molecule has 2 aromatic rings. The van der Waals surface area contributed by atoms with Crippen molar-refractivity contribution in [3.63, 3.8) is 0 Å². The lowest BCUT2D eigenvalue weighted by Crippen LogP contribution is -2.45. The Labute approximate surface area is 134 Å². The van der Waals surface area contributed by atoms with Gasteiger partial charge in [-0.15, -0.1) is 0 Å². The lowest BCUT2D eigenvalue weighted by Gasteiger charge is -2.29. The number of hydrogen-bond donors (Lipinski definition) is 2. The van der Waals surface area contributed by atoms with Gasteiger partial charge < -0.3 is 11.1 Å². The molecule has 1 unspecified atom stereocenters. The second-order valence-corrected chi connectivity index (χ2v) is 6.46. The average Bonchev–Trinajstić information content (AvgIpc) is 2.42. The lowest BCUT2D eigenvalue weighted by atomic mass is 9.91. The highest BCUT2D eigenvalue weighted by Crippen LogP contribution is 2.28. The maximum Gasteiger partial charge on any atom is 0.247 e. The summed E-state index contributed by atoms with van der Waals surface area (Å²) in [6, 6.07) is 15.1. The van der Waals surface area contributed by atoms with Crippen molar-refractivity contribution in [1.82, 2.24) is 0 Å². The molecule has 0 aliphatic rings. The fraction of sp³-hybridized carbons (Fsp3) is 0.133. The van der Waals surface area contributed by atoms with Gasteiger partial charge in [-0.2, -0.15) is 0 Å². The van der Waals surface area contributed by atoms with E-state index in [9.17, 15) is 4.79 Å². The van der Waals surface area contributed by atoms with Crippen LogP contribution in [0.5, 0.6) is 0 Å². The van der Waals surface area contributed by atoms with E-state index in [1.54, 1.807) is 6.92 Å². The zero-order valence-corrected chi connectivity index (χ0v) is 14.0. The van der Waals surface area contributed by atoms with Crippen LogP contribution in [-0.4, -0.2) is 5.91 Å². The Balaban J connectivity index is 2.37. The molecule has 1 amide bonds. The van der Waals surface area contributed by atoms with Crippen molar-refractivity contribution < 1.29 is 4.79 Å². The molecule has 0 aliphatic heterocycles. The van der Waals surface area contributed by atoms with E-state index in [2.05, 4.69) is 37.2 Å². The number of primary amides is 1. The van der Waals surface area contributed by atoms with E-state index < -0.39 is 11.4 Å². The van der Waals surface area contributed by atoms with Crippen LogP contribution in [0.15, 0.2) is 57.5 Å². The molecule has 3 nitrogen and oxygen atoms in total. The third-order valence-electron chi connectivity index (χ3n) is 3.15. The van der Waals surface area contributed by atoms with Gasteiger partial charge in [-0.25, -0.2) is 0 Å². The first-order valence-electron chi connectivity index (χ1n) is 6.01. The number of halogens is 2. The van der Waals surface area contributed by atoms with E-state index >= 15 is 0 Å². The van der Waals surface area contributed by atoms with Crippen LogP contribution in [-0.2, 0) is 10.3 Å². The minimum absolute atomic E-state index is 0.428. The highest BCUT2D eigenvalue weighted by Gasteiger charge is 2.33. The molecule has 0 fully saturated rings. The summed E-state index contributed by atoms with van der Waals surface area (Å²) in [7, 11) is 0. The Morgan fingerprint density at radius 2 is 1.45 bits per heavy atom. The molecule has 20 heavy (non-hydrogen) atoms. The van der Waals surface area contributed by atoms with Crippen LogP contribution in [0, 0.1) is 0 Å². The van der Waals surface area contributed by atoms with E-state index in [1.807, 2.05) is 48.5 Å². The predicted molar refractivity (Wildman–Crippen MR) is 88.5 cm³/mol. The molecule has 104 valence electrons. The van der Waals surface area contributed by atoms with Gasteiger partial charge in [-0.05, 0) is 48.9 Å². The van der Waals surface area contributed by atoms with Crippen LogP contribution < -0.4 is 11.1 Å². The molecule has 0 spiro atoms. The number of rotatable bonds is 4. The van der Waals surface area contributed by atoms with Gasteiger partial charge in [-0.1, -0.05) is 44.0 Å². The molecule has 3 N–H and O–H groups in total. The largest absolute Gasteiger partial charge is 0.368 e. The van der Waals surface area contributed by atoms with Crippen molar-refractivity contribution in [2.24, 2.45) is 5.73 Å². The first-order chi connectivity index (χ1) is 9.41. The Hall–Kier alpha value is -1.33. The molecule has 0 heterocycles. The molecule has 5 heteroatoms. The summed E-state index contributed by atoms with van der Waals surface area (Å²) in [6.07, 6.45) is 0. The molecule has 0 saturated heterocycles. The minimum Gasteiger partial charge on any atom is -0.368 e. The summed E-state index contributed by atoms with van der Waals surface area (Å²) < 4.78 is 1.93. The van der Waals surface area contributed by atoms with E-state index in [4.69, 9.17) is 5.73 Å².